The van der Waals surface area contributed by atoms with Crippen LogP contribution in [0.15, 0.2) is 24.4 Å². The molecule has 0 radical (unpaired) electrons. The molecule has 0 fully saturated rings. The minimum Gasteiger partial charge on any atom is -0.508 e. The van der Waals surface area contributed by atoms with Gasteiger partial charge in [-0.05, 0) is 12.1 Å². The third-order valence-electron chi connectivity index (χ3n) is 1.71. The second kappa shape index (κ2) is 2.90. The van der Waals surface area contributed by atoms with Gasteiger partial charge in [-0.2, -0.15) is 0 Å². The van der Waals surface area contributed by atoms with E-state index < -0.39 is 0 Å². The molecule has 66 valence electrons. The van der Waals surface area contributed by atoms with E-state index in [0.717, 1.165) is 5.52 Å². The van der Waals surface area contributed by atoms with Crippen molar-refractivity contribution in [3.05, 3.63) is 24.4 Å². The van der Waals surface area contributed by atoms with Crippen LogP contribution in [0.1, 0.15) is 0 Å². The van der Waals surface area contributed by atoms with Gasteiger partial charge in [0.25, 0.3) is 0 Å². The monoisotopic (exact) mass is 176 g/mol. The number of fused-ring (bicyclic) bond motifs is 1. The lowest BCUT2D eigenvalue weighted by atomic mass is 10.3. The van der Waals surface area contributed by atoms with Crippen LogP contribution in [0, 0.1) is 0 Å². The number of aromatic hydroxyl groups is 1. The highest BCUT2D eigenvalue weighted by Crippen LogP contribution is 2.18. The molecule has 4 heteroatoms. The summed E-state index contributed by atoms with van der Waals surface area (Å²) in [6.07, 6.45) is 1.54. The molecule has 0 unspecified atom stereocenters. The molecule has 1 heterocycles. The molecule has 0 aliphatic heterocycles. The lowest BCUT2D eigenvalue weighted by Gasteiger charge is -2.00. The summed E-state index contributed by atoms with van der Waals surface area (Å²) in [4.78, 5) is 8.20. The molecule has 2 aromatic rings. The first-order valence-corrected chi connectivity index (χ1v) is 3.79. The fourth-order valence-electron chi connectivity index (χ4n) is 1.08. The van der Waals surface area contributed by atoms with Gasteiger partial charge in [0.15, 0.2) is 0 Å². The Bertz CT molecular complexity index is 443. The first kappa shape index (κ1) is 7.79. The van der Waals surface area contributed by atoms with Crippen molar-refractivity contribution < 1.29 is 9.84 Å². The van der Waals surface area contributed by atoms with Crippen LogP contribution in [-0.2, 0) is 0 Å². The van der Waals surface area contributed by atoms with E-state index in [1.165, 1.54) is 7.11 Å². The highest BCUT2D eigenvalue weighted by molar-refractivity contribution is 5.75. The van der Waals surface area contributed by atoms with Crippen molar-refractivity contribution in [2.24, 2.45) is 0 Å². The van der Waals surface area contributed by atoms with Crippen molar-refractivity contribution in [2.75, 3.05) is 7.11 Å². The van der Waals surface area contributed by atoms with E-state index in [1.54, 1.807) is 24.4 Å². The predicted molar refractivity (Wildman–Crippen MR) is 47.8 cm³/mol. The summed E-state index contributed by atoms with van der Waals surface area (Å²) in [5.41, 5.74) is 1.36. The number of rotatable bonds is 1. The van der Waals surface area contributed by atoms with Crippen LogP contribution in [0.5, 0.6) is 11.6 Å². The maximum absolute atomic E-state index is 9.19. The van der Waals surface area contributed by atoms with Gasteiger partial charge in [0.2, 0.25) is 5.88 Å². The molecule has 0 amide bonds. The molecule has 0 aliphatic rings. The summed E-state index contributed by atoms with van der Waals surface area (Å²) in [5.74, 6) is 0.619. The lowest BCUT2D eigenvalue weighted by Crippen LogP contribution is -1.89. The molecule has 2 rings (SSSR count). The number of hydrogen-bond donors (Lipinski definition) is 1. The van der Waals surface area contributed by atoms with Crippen molar-refractivity contribution in [1.82, 2.24) is 9.97 Å². The third-order valence-corrected chi connectivity index (χ3v) is 1.71. The van der Waals surface area contributed by atoms with Gasteiger partial charge in [-0.25, -0.2) is 9.97 Å². The Kier molecular flexibility index (Phi) is 1.73. The van der Waals surface area contributed by atoms with E-state index in [4.69, 9.17) is 4.74 Å². The van der Waals surface area contributed by atoms with Crippen LogP contribution in [0.3, 0.4) is 0 Å². The molecular weight excluding hydrogens is 168 g/mol. The van der Waals surface area contributed by atoms with Crippen molar-refractivity contribution in [1.29, 1.82) is 0 Å². The zero-order chi connectivity index (χ0) is 9.26. The molecule has 13 heavy (non-hydrogen) atoms. The van der Waals surface area contributed by atoms with Gasteiger partial charge in [0.1, 0.15) is 5.75 Å². The van der Waals surface area contributed by atoms with E-state index in [2.05, 4.69) is 9.97 Å². The number of phenols is 1. The summed E-state index contributed by atoms with van der Waals surface area (Å²) >= 11 is 0. The predicted octanol–water partition coefficient (Wildman–Crippen LogP) is 1.34. The average Bonchev–Trinajstić information content (AvgIpc) is 2.16. The van der Waals surface area contributed by atoms with Crippen molar-refractivity contribution >= 4 is 11.0 Å². The van der Waals surface area contributed by atoms with Crippen LogP contribution in [-0.4, -0.2) is 22.2 Å². The number of ether oxygens (including phenoxy) is 1. The van der Waals surface area contributed by atoms with E-state index in [1.807, 2.05) is 0 Å². The summed E-state index contributed by atoms with van der Waals surface area (Å²) < 4.78 is 4.91. The van der Waals surface area contributed by atoms with Crippen LogP contribution < -0.4 is 4.74 Å². The number of nitrogens with zero attached hydrogens (tertiary/aromatic N) is 2. The summed E-state index contributed by atoms with van der Waals surface area (Å²) in [5, 5.41) is 9.19. The first-order valence-electron chi connectivity index (χ1n) is 3.79. The number of hydrogen-bond acceptors (Lipinski definition) is 4. The standard InChI is InChI=1S/C9H8N2O2/c1-13-9-5-10-7-3-2-6(12)4-8(7)11-9/h2-5,12H,1H3. The third kappa shape index (κ3) is 1.38. The molecule has 1 aromatic carbocycles. The van der Waals surface area contributed by atoms with E-state index in [0.29, 0.717) is 11.4 Å². The topological polar surface area (TPSA) is 55.2 Å². The zero-order valence-corrected chi connectivity index (χ0v) is 7.06. The van der Waals surface area contributed by atoms with Crippen molar-refractivity contribution in [3.63, 3.8) is 0 Å². The minimum absolute atomic E-state index is 0.176. The maximum atomic E-state index is 9.19. The Morgan fingerprint density at radius 3 is 2.92 bits per heavy atom. The highest BCUT2D eigenvalue weighted by Gasteiger charge is 1.99. The molecule has 0 atom stereocenters. The molecule has 0 bridgehead atoms. The van der Waals surface area contributed by atoms with Gasteiger partial charge in [-0.15, -0.1) is 0 Å². The number of aromatic nitrogens is 2. The summed E-state index contributed by atoms with van der Waals surface area (Å²) in [6, 6.07) is 4.82. The Balaban J connectivity index is 2.68. The first-order chi connectivity index (χ1) is 6.29. The van der Waals surface area contributed by atoms with Gasteiger partial charge in [0.05, 0.1) is 24.3 Å². The Morgan fingerprint density at radius 2 is 2.15 bits per heavy atom. The molecule has 0 spiro atoms. The van der Waals surface area contributed by atoms with E-state index >= 15 is 0 Å². The number of benzene rings is 1. The van der Waals surface area contributed by atoms with E-state index in [9.17, 15) is 5.11 Å². The van der Waals surface area contributed by atoms with Gasteiger partial charge in [0, 0.05) is 6.07 Å². The smallest absolute Gasteiger partial charge is 0.232 e. The number of phenolic OH excluding ortho intramolecular Hbond substituents is 1. The highest BCUT2D eigenvalue weighted by atomic mass is 16.5. The molecule has 0 saturated heterocycles. The summed E-state index contributed by atoms with van der Waals surface area (Å²) in [7, 11) is 1.53. The molecule has 0 saturated carbocycles. The molecule has 4 nitrogen and oxygen atoms in total. The summed E-state index contributed by atoms with van der Waals surface area (Å²) in [6.45, 7) is 0. The average molecular weight is 176 g/mol. The second-order valence-corrected chi connectivity index (χ2v) is 2.59. The zero-order valence-electron chi connectivity index (χ0n) is 7.06. The molecule has 1 N–H and O–H groups in total. The van der Waals surface area contributed by atoms with Crippen molar-refractivity contribution in [3.8, 4) is 11.6 Å². The fourth-order valence-corrected chi connectivity index (χ4v) is 1.08. The number of methoxy groups -OCH3 is 1. The Hall–Kier alpha value is -1.84. The van der Waals surface area contributed by atoms with E-state index in [-0.39, 0.29) is 5.75 Å². The Labute approximate surface area is 74.8 Å². The second-order valence-electron chi connectivity index (χ2n) is 2.59. The quantitative estimate of drug-likeness (QED) is 0.712. The molecular formula is C9H8N2O2. The molecule has 0 aliphatic carbocycles. The van der Waals surface area contributed by atoms with Gasteiger partial charge in [-0.3, -0.25) is 0 Å². The van der Waals surface area contributed by atoms with Gasteiger partial charge < -0.3 is 9.84 Å². The van der Waals surface area contributed by atoms with Crippen LogP contribution in [0.2, 0.25) is 0 Å². The Morgan fingerprint density at radius 1 is 1.31 bits per heavy atom. The van der Waals surface area contributed by atoms with Crippen LogP contribution in [0.25, 0.3) is 11.0 Å². The molecule has 1 aromatic heterocycles. The lowest BCUT2D eigenvalue weighted by molar-refractivity contribution is 0.397. The fraction of sp³-hybridized carbons (Fsp3) is 0.111. The van der Waals surface area contributed by atoms with Crippen molar-refractivity contribution in [2.45, 2.75) is 0 Å². The SMILES string of the molecule is COc1cnc2ccc(O)cc2n1. The van der Waals surface area contributed by atoms with Gasteiger partial charge in [-0.1, -0.05) is 0 Å². The van der Waals surface area contributed by atoms with Crippen LogP contribution in [0.4, 0.5) is 0 Å². The minimum atomic E-state index is 0.176. The van der Waals surface area contributed by atoms with Gasteiger partial charge >= 0.3 is 0 Å². The maximum Gasteiger partial charge on any atom is 0.232 e. The van der Waals surface area contributed by atoms with Crippen LogP contribution >= 0.6 is 0 Å². The normalized spacial score (nSPS) is 10.2. The largest absolute Gasteiger partial charge is 0.508 e.